The van der Waals surface area contributed by atoms with E-state index in [1.165, 1.54) is 0 Å². The zero-order valence-electron chi connectivity index (χ0n) is 25.6. The Kier molecular flexibility index (Phi) is 7.63. The van der Waals surface area contributed by atoms with Crippen molar-refractivity contribution in [3.8, 4) is 22.5 Å². The van der Waals surface area contributed by atoms with Crippen LogP contribution in [-0.4, -0.2) is 44.4 Å². The fourth-order valence-corrected chi connectivity index (χ4v) is 7.45. The summed E-state index contributed by atoms with van der Waals surface area (Å²) in [5.74, 6) is 5.36. The average Bonchev–Trinajstić information content (AvgIpc) is 3.72. The van der Waals surface area contributed by atoms with Gasteiger partial charge in [-0.1, -0.05) is 65.7 Å². The highest BCUT2D eigenvalue weighted by Crippen LogP contribution is 2.50. The van der Waals surface area contributed by atoms with Crippen molar-refractivity contribution in [2.24, 2.45) is 11.8 Å². The molecule has 0 aliphatic carbocycles. The number of nitrogens with one attached hydrogen (secondary N) is 3. The molecule has 0 radical (unpaired) electrons. The number of piperidine rings is 1. The molecule has 2 aliphatic heterocycles. The number of carbonyl (C=O) groups excluding carboxylic acids is 2. The fourth-order valence-electron chi connectivity index (χ4n) is 7.10. The Morgan fingerprint density at radius 3 is 2.44 bits per heavy atom. The van der Waals surface area contributed by atoms with Crippen molar-refractivity contribution < 1.29 is 9.59 Å². The first-order valence-electron chi connectivity index (χ1n) is 15.7. The van der Waals surface area contributed by atoms with Gasteiger partial charge in [0.05, 0.1) is 29.4 Å². The summed E-state index contributed by atoms with van der Waals surface area (Å²) in [5.41, 5.74) is 9.17. The number of hydrogen-bond acceptors (Lipinski definition) is 6. The quantitative estimate of drug-likeness (QED) is 0.0869. The van der Waals surface area contributed by atoms with Gasteiger partial charge in [-0.2, -0.15) is 0 Å². The average molecular weight is 678 g/mol. The van der Waals surface area contributed by atoms with Gasteiger partial charge in [0.1, 0.15) is 5.69 Å². The SMILES string of the molecule is NNC(=O)C1CCN(c2ncccc2NC(=O)c2[nH]c3cc(Cl)cc4c3c2-c2c(-c3ccccc3)ncn2[C@@H]4c2ccc(Cl)cc2)CC1. The summed E-state index contributed by atoms with van der Waals surface area (Å²) in [7, 11) is 0. The Morgan fingerprint density at radius 1 is 0.917 bits per heavy atom. The van der Waals surface area contributed by atoms with Crippen molar-refractivity contribution in [3.63, 3.8) is 0 Å². The Morgan fingerprint density at radius 2 is 1.69 bits per heavy atom. The normalized spacial score (nSPS) is 15.7. The van der Waals surface area contributed by atoms with Gasteiger partial charge >= 0.3 is 0 Å². The monoisotopic (exact) mass is 676 g/mol. The lowest BCUT2D eigenvalue weighted by molar-refractivity contribution is -0.125. The molecule has 3 aromatic heterocycles. The fraction of sp³-hybridized carbons (Fsp3) is 0.167. The molecule has 2 aliphatic rings. The van der Waals surface area contributed by atoms with E-state index in [1.807, 2.05) is 79.1 Å². The van der Waals surface area contributed by atoms with Crippen molar-refractivity contribution in [1.29, 1.82) is 0 Å². The number of pyridine rings is 1. The van der Waals surface area contributed by atoms with Crippen LogP contribution in [0.1, 0.15) is 40.5 Å². The Bertz CT molecular complexity index is 2190. The predicted octanol–water partition coefficient (Wildman–Crippen LogP) is 6.81. The second-order valence-electron chi connectivity index (χ2n) is 12.1. The molecule has 10 nitrogen and oxygen atoms in total. The van der Waals surface area contributed by atoms with Crippen molar-refractivity contribution in [2.75, 3.05) is 23.3 Å². The first kappa shape index (κ1) is 30.2. The number of hydrazine groups is 1. The van der Waals surface area contributed by atoms with E-state index in [0.29, 0.717) is 53.2 Å². The van der Waals surface area contributed by atoms with Gasteiger partial charge in [-0.3, -0.25) is 15.0 Å². The Hall–Kier alpha value is -5.16. The predicted molar refractivity (Wildman–Crippen MR) is 188 cm³/mol. The molecule has 1 atom stereocenters. The third-order valence-corrected chi connectivity index (χ3v) is 9.77. The number of nitrogens with zero attached hydrogens (tertiary/aromatic N) is 4. The van der Waals surface area contributed by atoms with Crippen molar-refractivity contribution in [1.82, 2.24) is 24.9 Å². The van der Waals surface area contributed by atoms with Crippen LogP contribution in [0.25, 0.3) is 33.4 Å². The van der Waals surface area contributed by atoms with E-state index in [4.69, 9.17) is 34.0 Å². The molecule has 0 saturated carbocycles. The number of halogens is 2. The van der Waals surface area contributed by atoms with E-state index in [2.05, 4.69) is 30.2 Å². The summed E-state index contributed by atoms with van der Waals surface area (Å²) in [6.45, 7) is 1.20. The van der Waals surface area contributed by atoms with Crippen LogP contribution < -0.4 is 21.5 Å². The van der Waals surface area contributed by atoms with Gasteiger partial charge in [-0.05, 0) is 60.4 Å². The van der Waals surface area contributed by atoms with Gasteiger partial charge in [0.15, 0.2) is 5.82 Å². The summed E-state index contributed by atoms with van der Waals surface area (Å²) in [6.07, 6.45) is 4.79. The third kappa shape index (κ3) is 5.09. The van der Waals surface area contributed by atoms with Gasteiger partial charge in [0.25, 0.3) is 5.91 Å². The van der Waals surface area contributed by atoms with Gasteiger partial charge in [-0.15, -0.1) is 0 Å². The number of hydrogen-bond donors (Lipinski definition) is 4. The molecular formula is C36H30Cl2N8O2. The molecule has 0 spiro atoms. The van der Waals surface area contributed by atoms with E-state index in [1.54, 1.807) is 12.3 Å². The minimum atomic E-state index is -0.327. The molecule has 6 aromatic rings. The molecule has 5 heterocycles. The summed E-state index contributed by atoms with van der Waals surface area (Å²) in [6, 6.07) is 24.9. The topological polar surface area (TPSA) is 134 Å². The van der Waals surface area contributed by atoms with Crippen molar-refractivity contribution in [2.45, 2.75) is 18.9 Å². The van der Waals surface area contributed by atoms with Crippen LogP contribution in [0.4, 0.5) is 11.5 Å². The first-order chi connectivity index (χ1) is 23.4. The zero-order chi connectivity index (χ0) is 32.9. The summed E-state index contributed by atoms with van der Waals surface area (Å²) >= 11 is 13.0. The molecule has 5 N–H and O–H groups in total. The summed E-state index contributed by atoms with van der Waals surface area (Å²) in [4.78, 5) is 41.6. The molecular weight excluding hydrogens is 647 g/mol. The largest absolute Gasteiger partial charge is 0.355 e. The van der Waals surface area contributed by atoms with E-state index < -0.39 is 0 Å². The summed E-state index contributed by atoms with van der Waals surface area (Å²) < 4.78 is 2.11. The van der Waals surface area contributed by atoms with Crippen molar-refractivity contribution >= 4 is 57.4 Å². The number of amides is 2. The standard InChI is InChI=1S/C36H30Cl2N8O2/c37-23-10-8-21(9-11-23)32-25-17-24(38)18-27-28(25)29(33-30(41-19-46(32)33)20-5-2-1-3-6-20)31(42-27)36(48)43-26-7-4-14-40-34(26)45-15-12-22(13-16-45)35(47)44-39/h1-11,14,17-19,22,32,42H,12-13,15-16,39H2,(H,43,48)(H,44,47)/t32-/m1/s1. The minimum absolute atomic E-state index is 0.158. The lowest BCUT2D eigenvalue weighted by atomic mass is 9.88. The molecule has 0 unspecified atom stereocenters. The third-order valence-electron chi connectivity index (χ3n) is 9.30. The number of carbonyl (C=O) groups is 2. The van der Waals surface area contributed by atoms with E-state index in [0.717, 1.165) is 44.5 Å². The van der Waals surface area contributed by atoms with Gasteiger partial charge < -0.3 is 19.8 Å². The minimum Gasteiger partial charge on any atom is -0.355 e. The zero-order valence-corrected chi connectivity index (χ0v) is 27.1. The maximum Gasteiger partial charge on any atom is 0.272 e. The van der Waals surface area contributed by atoms with Crippen LogP contribution in [0, 0.1) is 5.92 Å². The highest BCUT2D eigenvalue weighted by Gasteiger charge is 2.36. The molecule has 240 valence electrons. The molecule has 12 heteroatoms. The lowest BCUT2D eigenvalue weighted by Crippen LogP contribution is -2.43. The van der Waals surface area contributed by atoms with Crippen LogP contribution in [0.5, 0.6) is 0 Å². The number of aromatic nitrogens is 4. The number of benzene rings is 3. The number of anilines is 2. The van der Waals surface area contributed by atoms with Crippen LogP contribution >= 0.6 is 23.2 Å². The first-order valence-corrected chi connectivity index (χ1v) is 16.4. The lowest BCUT2D eigenvalue weighted by Gasteiger charge is -2.32. The van der Waals surface area contributed by atoms with Crippen LogP contribution in [-0.2, 0) is 4.79 Å². The molecule has 0 bridgehead atoms. The van der Waals surface area contributed by atoms with E-state index in [-0.39, 0.29) is 23.8 Å². The second kappa shape index (κ2) is 12.1. The van der Waals surface area contributed by atoms with Crippen LogP contribution in [0.3, 0.4) is 0 Å². The molecule has 48 heavy (non-hydrogen) atoms. The number of fused-ring (bicyclic) bond motifs is 2. The molecule has 2 amide bonds. The maximum absolute atomic E-state index is 14.4. The second-order valence-corrected chi connectivity index (χ2v) is 12.9. The number of aromatic amines is 1. The van der Waals surface area contributed by atoms with Gasteiger partial charge in [0.2, 0.25) is 5.91 Å². The Labute approximate surface area is 285 Å². The molecule has 8 rings (SSSR count). The van der Waals surface area contributed by atoms with Gasteiger partial charge in [0, 0.05) is 57.3 Å². The highest BCUT2D eigenvalue weighted by molar-refractivity contribution is 6.32. The van der Waals surface area contributed by atoms with Crippen LogP contribution in [0.15, 0.2) is 91.4 Å². The number of imidazole rings is 1. The van der Waals surface area contributed by atoms with E-state index >= 15 is 0 Å². The maximum atomic E-state index is 14.4. The van der Waals surface area contributed by atoms with Crippen LogP contribution in [0.2, 0.25) is 10.0 Å². The smallest absolute Gasteiger partial charge is 0.272 e. The van der Waals surface area contributed by atoms with E-state index in [9.17, 15) is 9.59 Å². The number of H-pyrrole nitrogens is 1. The highest BCUT2D eigenvalue weighted by atomic mass is 35.5. The number of rotatable bonds is 6. The van der Waals surface area contributed by atoms with Gasteiger partial charge in [-0.25, -0.2) is 15.8 Å². The molecule has 1 saturated heterocycles. The summed E-state index contributed by atoms with van der Waals surface area (Å²) in [5, 5.41) is 5.24. The molecule has 3 aromatic carbocycles. The Balaban J connectivity index is 1.25. The molecule has 1 fully saturated rings. The number of nitrogens with two attached hydrogens (primary N) is 1. The van der Waals surface area contributed by atoms with Crippen molar-refractivity contribution in [3.05, 3.63) is 118 Å².